The molecule has 106 valence electrons. The molecule has 1 saturated carbocycles. The topological polar surface area (TPSA) is 80.0 Å². The third kappa shape index (κ3) is 3.09. The largest absolute Gasteiger partial charge is 0.480 e. The highest BCUT2D eigenvalue weighted by Gasteiger charge is 2.46. The van der Waals surface area contributed by atoms with E-state index in [1.807, 2.05) is 25.5 Å². The molecule has 0 aromatic carbocycles. The SMILES string of the molecule is CC(C)NC1(C(=O)O)CCC(Sc2nncn2C)C1. The second-order valence-electron chi connectivity index (χ2n) is 5.39. The first kappa shape index (κ1) is 14.3. The molecule has 2 N–H and O–H groups in total. The molecule has 0 spiro atoms. The lowest BCUT2D eigenvalue weighted by Crippen LogP contribution is -2.53. The van der Waals surface area contributed by atoms with Gasteiger partial charge in [-0.15, -0.1) is 10.2 Å². The van der Waals surface area contributed by atoms with Gasteiger partial charge in [-0.2, -0.15) is 0 Å². The maximum Gasteiger partial charge on any atom is 0.323 e. The van der Waals surface area contributed by atoms with Crippen molar-refractivity contribution in [2.45, 2.75) is 55.1 Å². The van der Waals surface area contributed by atoms with Gasteiger partial charge >= 0.3 is 5.97 Å². The smallest absolute Gasteiger partial charge is 0.323 e. The number of aromatic nitrogens is 3. The first-order valence-electron chi connectivity index (χ1n) is 6.45. The maximum atomic E-state index is 11.6. The van der Waals surface area contributed by atoms with Crippen molar-refractivity contribution in [3.05, 3.63) is 6.33 Å². The predicted molar refractivity (Wildman–Crippen MR) is 73.1 cm³/mol. The second kappa shape index (κ2) is 5.50. The van der Waals surface area contributed by atoms with Gasteiger partial charge in [-0.3, -0.25) is 10.1 Å². The van der Waals surface area contributed by atoms with Crippen LogP contribution in [0.4, 0.5) is 0 Å². The molecule has 1 aliphatic carbocycles. The lowest BCUT2D eigenvalue weighted by atomic mass is 9.97. The molecule has 6 nitrogen and oxygen atoms in total. The Morgan fingerprint density at radius 2 is 2.42 bits per heavy atom. The van der Waals surface area contributed by atoms with Crippen LogP contribution in [0.2, 0.25) is 0 Å². The fourth-order valence-corrected chi connectivity index (χ4v) is 3.78. The van der Waals surface area contributed by atoms with E-state index in [0.29, 0.717) is 12.8 Å². The van der Waals surface area contributed by atoms with Crippen LogP contribution in [0, 0.1) is 0 Å². The van der Waals surface area contributed by atoms with Crippen molar-refractivity contribution < 1.29 is 9.90 Å². The second-order valence-corrected chi connectivity index (χ2v) is 6.66. The van der Waals surface area contributed by atoms with E-state index >= 15 is 0 Å². The number of carboxylic acids is 1. The number of hydrogen-bond acceptors (Lipinski definition) is 5. The van der Waals surface area contributed by atoms with Crippen LogP contribution < -0.4 is 5.32 Å². The number of carbonyl (C=O) groups is 1. The van der Waals surface area contributed by atoms with E-state index in [4.69, 9.17) is 0 Å². The molecular formula is C12H20N4O2S. The number of thioether (sulfide) groups is 1. The number of rotatable bonds is 5. The van der Waals surface area contributed by atoms with Gasteiger partial charge in [-0.05, 0) is 33.1 Å². The molecule has 0 saturated heterocycles. The monoisotopic (exact) mass is 284 g/mol. The van der Waals surface area contributed by atoms with Gasteiger partial charge in [-0.25, -0.2) is 0 Å². The minimum atomic E-state index is -0.787. The minimum Gasteiger partial charge on any atom is -0.480 e. The van der Waals surface area contributed by atoms with Crippen molar-refractivity contribution in [3.63, 3.8) is 0 Å². The van der Waals surface area contributed by atoms with Crippen LogP contribution in [-0.2, 0) is 11.8 Å². The number of nitrogens with one attached hydrogen (secondary N) is 1. The Bertz CT molecular complexity index is 462. The summed E-state index contributed by atoms with van der Waals surface area (Å²) in [5, 5.41) is 21.7. The average Bonchev–Trinajstić information content (AvgIpc) is 2.88. The Balaban J connectivity index is 2.04. The van der Waals surface area contributed by atoms with Crippen molar-refractivity contribution in [1.29, 1.82) is 0 Å². The summed E-state index contributed by atoms with van der Waals surface area (Å²) in [4.78, 5) is 11.6. The molecule has 2 rings (SSSR count). The summed E-state index contributed by atoms with van der Waals surface area (Å²) < 4.78 is 1.86. The Morgan fingerprint density at radius 3 is 2.95 bits per heavy atom. The Kier molecular flexibility index (Phi) is 4.15. The fourth-order valence-electron chi connectivity index (χ4n) is 2.57. The van der Waals surface area contributed by atoms with Crippen molar-refractivity contribution in [2.75, 3.05) is 0 Å². The number of carboxylic acid groups (broad SMARTS) is 1. The molecule has 1 heterocycles. The zero-order chi connectivity index (χ0) is 14.0. The Labute approximate surface area is 117 Å². The van der Waals surface area contributed by atoms with Crippen molar-refractivity contribution >= 4 is 17.7 Å². The molecule has 2 unspecified atom stereocenters. The summed E-state index contributed by atoms with van der Waals surface area (Å²) in [7, 11) is 1.90. The van der Waals surface area contributed by atoms with Gasteiger partial charge in [0.25, 0.3) is 0 Å². The van der Waals surface area contributed by atoms with Crippen LogP contribution in [0.15, 0.2) is 11.5 Å². The van der Waals surface area contributed by atoms with Gasteiger partial charge < -0.3 is 9.67 Å². The zero-order valence-corrected chi connectivity index (χ0v) is 12.3. The molecule has 19 heavy (non-hydrogen) atoms. The van der Waals surface area contributed by atoms with E-state index in [9.17, 15) is 9.90 Å². The summed E-state index contributed by atoms with van der Waals surface area (Å²) in [5.74, 6) is -0.748. The summed E-state index contributed by atoms with van der Waals surface area (Å²) in [6.07, 6.45) is 3.83. The minimum absolute atomic E-state index is 0.162. The van der Waals surface area contributed by atoms with Gasteiger partial charge in [0.2, 0.25) is 0 Å². The maximum absolute atomic E-state index is 11.6. The number of aliphatic carboxylic acids is 1. The van der Waals surface area contributed by atoms with Crippen LogP contribution >= 0.6 is 11.8 Å². The highest BCUT2D eigenvalue weighted by Crippen LogP contribution is 2.40. The molecule has 1 fully saturated rings. The molecule has 0 amide bonds. The van der Waals surface area contributed by atoms with E-state index in [0.717, 1.165) is 11.6 Å². The molecule has 0 bridgehead atoms. The van der Waals surface area contributed by atoms with Gasteiger partial charge in [-0.1, -0.05) is 11.8 Å². The summed E-state index contributed by atoms with van der Waals surface area (Å²) in [5.41, 5.74) is -0.787. The van der Waals surface area contributed by atoms with E-state index < -0.39 is 11.5 Å². The van der Waals surface area contributed by atoms with Crippen molar-refractivity contribution in [2.24, 2.45) is 7.05 Å². The lowest BCUT2D eigenvalue weighted by molar-refractivity contribution is -0.145. The standard InChI is InChI=1S/C12H20N4O2S/c1-8(2)14-12(10(17)18)5-4-9(6-12)19-11-15-13-7-16(11)3/h7-9,14H,4-6H2,1-3H3,(H,17,18). The predicted octanol–water partition coefficient (Wildman–Crippen LogP) is 1.28. The normalized spacial score (nSPS) is 27.1. The summed E-state index contributed by atoms with van der Waals surface area (Å²) in [6, 6.07) is 0.162. The van der Waals surface area contributed by atoms with Crippen LogP contribution in [-0.4, -0.2) is 42.7 Å². The highest BCUT2D eigenvalue weighted by molar-refractivity contribution is 7.99. The quantitative estimate of drug-likeness (QED) is 0.848. The highest BCUT2D eigenvalue weighted by atomic mass is 32.2. The van der Waals surface area contributed by atoms with E-state index in [1.54, 1.807) is 18.1 Å². The van der Waals surface area contributed by atoms with E-state index in [1.165, 1.54) is 0 Å². The van der Waals surface area contributed by atoms with Crippen LogP contribution in [0.25, 0.3) is 0 Å². The first-order valence-corrected chi connectivity index (χ1v) is 7.33. The third-order valence-electron chi connectivity index (χ3n) is 3.39. The Hall–Kier alpha value is -1.08. The number of hydrogen-bond donors (Lipinski definition) is 2. The molecule has 1 aromatic rings. The lowest BCUT2D eigenvalue weighted by Gasteiger charge is -2.28. The zero-order valence-electron chi connectivity index (χ0n) is 11.5. The van der Waals surface area contributed by atoms with E-state index in [-0.39, 0.29) is 11.3 Å². The summed E-state index contributed by atoms with van der Waals surface area (Å²) in [6.45, 7) is 3.96. The fraction of sp³-hybridized carbons (Fsp3) is 0.750. The van der Waals surface area contributed by atoms with Gasteiger partial charge in [0.1, 0.15) is 11.9 Å². The third-order valence-corrected chi connectivity index (χ3v) is 4.70. The molecule has 0 radical (unpaired) electrons. The van der Waals surface area contributed by atoms with Crippen LogP contribution in [0.1, 0.15) is 33.1 Å². The molecular weight excluding hydrogens is 264 g/mol. The van der Waals surface area contributed by atoms with Gasteiger partial charge in [0, 0.05) is 18.3 Å². The van der Waals surface area contributed by atoms with Crippen LogP contribution in [0.3, 0.4) is 0 Å². The molecule has 7 heteroatoms. The summed E-state index contributed by atoms with van der Waals surface area (Å²) >= 11 is 1.62. The van der Waals surface area contributed by atoms with Crippen molar-refractivity contribution in [1.82, 2.24) is 20.1 Å². The van der Waals surface area contributed by atoms with Crippen molar-refractivity contribution in [3.8, 4) is 0 Å². The average molecular weight is 284 g/mol. The molecule has 0 aliphatic heterocycles. The van der Waals surface area contributed by atoms with E-state index in [2.05, 4.69) is 15.5 Å². The Morgan fingerprint density at radius 1 is 1.68 bits per heavy atom. The first-order chi connectivity index (χ1) is 8.93. The van der Waals surface area contributed by atoms with Crippen LogP contribution in [0.5, 0.6) is 0 Å². The molecule has 1 aromatic heterocycles. The number of nitrogens with zero attached hydrogens (tertiary/aromatic N) is 3. The molecule has 2 atom stereocenters. The van der Waals surface area contributed by atoms with Gasteiger partial charge in [0.05, 0.1) is 0 Å². The number of aryl methyl sites for hydroxylation is 1. The van der Waals surface area contributed by atoms with Gasteiger partial charge in [0.15, 0.2) is 5.16 Å². The molecule has 1 aliphatic rings.